The molecule has 0 aliphatic rings. The van der Waals surface area contributed by atoms with Gasteiger partial charge >= 0.3 is 0 Å². The number of hydrogen-bond acceptors (Lipinski definition) is 2. The normalized spacial score (nSPS) is 12.3. The summed E-state index contributed by atoms with van der Waals surface area (Å²) in [7, 11) is -1.21. The third-order valence-corrected chi connectivity index (χ3v) is 6.82. The summed E-state index contributed by atoms with van der Waals surface area (Å²) in [5.74, 6) is 0. The molecule has 0 bridgehead atoms. The van der Waals surface area contributed by atoms with Gasteiger partial charge in [-0.15, -0.1) is 11.8 Å². The molecule has 2 nitrogen and oxygen atoms in total. The SMILES string of the molecule is CSc1c(S(=O)c2ccccc2)c2ccccc2n1Cc1ccccc1. The quantitative estimate of drug-likeness (QED) is 0.424. The van der Waals surface area contributed by atoms with Gasteiger partial charge in [-0.1, -0.05) is 66.7 Å². The fraction of sp³-hybridized carbons (Fsp3) is 0.0909. The van der Waals surface area contributed by atoms with Crippen LogP contribution in [0.25, 0.3) is 10.9 Å². The topological polar surface area (TPSA) is 22.0 Å². The van der Waals surface area contributed by atoms with Gasteiger partial charge in [-0.2, -0.15) is 0 Å². The molecule has 0 N–H and O–H groups in total. The molecule has 1 heterocycles. The van der Waals surface area contributed by atoms with E-state index in [4.69, 9.17) is 0 Å². The molecule has 0 aliphatic carbocycles. The summed E-state index contributed by atoms with van der Waals surface area (Å²) in [6, 6.07) is 28.4. The minimum absolute atomic E-state index is 0.767. The Balaban J connectivity index is 1.92. The predicted molar refractivity (Wildman–Crippen MR) is 110 cm³/mol. The highest BCUT2D eigenvalue weighted by Gasteiger charge is 2.22. The van der Waals surface area contributed by atoms with Crippen molar-refractivity contribution in [3.63, 3.8) is 0 Å². The molecule has 4 heteroatoms. The molecule has 0 amide bonds. The number of aromatic nitrogens is 1. The van der Waals surface area contributed by atoms with Gasteiger partial charge in [0.15, 0.2) is 0 Å². The lowest BCUT2D eigenvalue weighted by atomic mass is 10.2. The summed E-state index contributed by atoms with van der Waals surface area (Å²) in [5.41, 5.74) is 2.36. The molecule has 0 saturated carbocycles. The monoisotopic (exact) mass is 377 g/mol. The first-order valence-electron chi connectivity index (χ1n) is 8.45. The van der Waals surface area contributed by atoms with E-state index in [0.29, 0.717) is 0 Å². The van der Waals surface area contributed by atoms with Gasteiger partial charge in [-0.3, -0.25) is 0 Å². The van der Waals surface area contributed by atoms with Crippen LogP contribution in [0.3, 0.4) is 0 Å². The van der Waals surface area contributed by atoms with Gasteiger partial charge in [-0.25, -0.2) is 4.21 Å². The predicted octanol–water partition coefficient (Wildman–Crippen LogP) is 5.58. The molecule has 4 aromatic rings. The highest BCUT2D eigenvalue weighted by atomic mass is 32.2. The molecule has 1 aromatic heterocycles. The van der Waals surface area contributed by atoms with Gasteiger partial charge in [-0.05, 0) is 30.0 Å². The fourth-order valence-electron chi connectivity index (χ4n) is 3.22. The van der Waals surface area contributed by atoms with Crippen molar-refractivity contribution in [2.75, 3.05) is 6.26 Å². The molecular formula is C22H19NOS2. The summed E-state index contributed by atoms with van der Waals surface area (Å²) >= 11 is 1.66. The van der Waals surface area contributed by atoms with Crippen LogP contribution in [0.4, 0.5) is 0 Å². The fourth-order valence-corrected chi connectivity index (χ4v) is 5.65. The molecule has 26 heavy (non-hydrogen) atoms. The first-order chi connectivity index (χ1) is 12.8. The lowest BCUT2D eigenvalue weighted by molar-refractivity contribution is 0.677. The zero-order valence-electron chi connectivity index (χ0n) is 14.5. The van der Waals surface area contributed by atoms with Crippen LogP contribution < -0.4 is 0 Å². The Bertz CT molecular complexity index is 1060. The second-order valence-corrected chi connectivity index (χ2v) is 8.22. The van der Waals surface area contributed by atoms with Crippen LogP contribution >= 0.6 is 11.8 Å². The summed E-state index contributed by atoms with van der Waals surface area (Å²) in [6.07, 6.45) is 2.06. The van der Waals surface area contributed by atoms with Gasteiger partial charge in [0.05, 0.1) is 26.2 Å². The molecular weight excluding hydrogens is 358 g/mol. The maximum Gasteiger partial charge on any atom is 0.0927 e. The molecule has 0 spiro atoms. The Morgan fingerprint density at radius 2 is 1.46 bits per heavy atom. The van der Waals surface area contributed by atoms with E-state index >= 15 is 0 Å². The first kappa shape index (κ1) is 17.1. The van der Waals surface area contributed by atoms with E-state index in [-0.39, 0.29) is 0 Å². The molecule has 1 atom stereocenters. The van der Waals surface area contributed by atoms with Crippen LogP contribution in [0.1, 0.15) is 5.56 Å². The Morgan fingerprint density at radius 1 is 0.846 bits per heavy atom. The summed E-state index contributed by atoms with van der Waals surface area (Å²) in [6.45, 7) is 0.767. The lowest BCUT2D eigenvalue weighted by Crippen LogP contribution is -2.02. The van der Waals surface area contributed by atoms with E-state index in [2.05, 4.69) is 47.2 Å². The summed E-state index contributed by atoms with van der Waals surface area (Å²) in [5, 5.41) is 2.13. The maximum absolute atomic E-state index is 13.4. The van der Waals surface area contributed by atoms with Crippen molar-refractivity contribution in [3.8, 4) is 0 Å². The van der Waals surface area contributed by atoms with E-state index in [1.807, 2.05) is 48.5 Å². The van der Waals surface area contributed by atoms with Crippen LogP contribution in [-0.2, 0) is 17.3 Å². The van der Waals surface area contributed by atoms with E-state index in [1.54, 1.807) is 11.8 Å². The second-order valence-electron chi connectivity index (χ2n) is 6.01. The van der Waals surface area contributed by atoms with Crippen molar-refractivity contribution in [3.05, 3.63) is 90.5 Å². The lowest BCUT2D eigenvalue weighted by Gasteiger charge is -2.10. The summed E-state index contributed by atoms with van der Waals surface area (Å²) in [4.78, 5) is 1.75. The molecule has 0 saturated heterocycles. The molecule has 0 fully saturated rings. The zero-order chi connectivity index (χ0) is 17.9. The third-order valence-electron chi connectivity index (χ3n) is 4.40. The number of rotatable bonds is 5. The van der Waals surface area contributed by atoms with Gasteiger partial charge in [0, 0.05) is 16.8 Å². The van der Waals surface area contributed by atoms with Crippen molar-refractivity contribution >= 4 is 33.5 Å². The van der Waals surface area contributed by atoms with E-state index in [9.17, 15) is 4.21 Å². The van der Waals surface area contributed by atoms with Gasteiger partial charge in [0.2, 0.25) is 0 Å². The largest absolute Gasteiger partial charge is 0.330 e. The maximum atomic E-state index is 13.4. The Kier molecular flexibility index (Phi) is 4.96. The minimum Gasteiger partial charge on any atom is -0.330 e. The van der Waals surface area contributed by atoms with Gasteiger partial charge in [0.25, 0.3) is 0 Å². The number of fused-ring (bicyclic) bond motifs is 1. The number of para-hydroxylation sites is 1. The Labute approximate surface area is 160 Å². The van der Waals surface area contributed by atoms with Crippen molar-refractivity contribution in [1.29, 1.82) is 0 Å². The standard InChI is InChI=1S/C22H19NOS2/c1-25-22-21(26(24)18-12-6-3-7-13-18)19-14-8-9-15-20(19)23(22)16-17-10-4-2-5-11-17/h2-15H,16H2,1H3. The minimum atomic E-state index is -1.21. The van der Waals surface area contributed by atoms with Gasteiger partial charge < -0.3 is 4.57 Å². The smallest absolute Gasteiger partial charge is 0.0927 e. The molecule has 1 unspecified atom stereocenters. The van der Waals surface area contributed by atoms with E-state index < -0.39 is 10.8 Å². The zero-order valence-corrected chi connectivity index (χ0v) is 16.1. The molecule has 0 radical (unpaired) electrons. The van der Waals surface area contributed by atoms with E-state index in [1.165, 1.54) is 5.56 Å². The highest BCUT2D eigenvalue weighted by molar-refractivity contribution is 7.99. The number of hydrogen-bond donors (Lipinski definition) is 0. The molecule has 0 aliphatic heterocycles. The molecule has 3 aromatic carbocycles. The third kappa shape index (κ3) is 3.11. The average Bonchev–Trinajstić information content (AvgIpc) is 3.02. The second kappa shape index (κ2) is 7.52. The van der Waals surface area contributed by atoms with Crippen LogP contribution in [0, 0.1) is 0 Å². The van der Waals surface area contributed by atoms with Crippen LogP contribution in [0.15, 0.2) is 99.7 Å². The van der Waals surface area contributed by atoms with Crippen molar-refractivity contribution in [2.45, 2.75) is 21.4 Å². The number of benzene rings is 3. The van der Waals surface area contributed by atoms with Crippen molar-refractivity contribution in [1.82, 2.24) is 4.57 Å². The number of nitrogens with zero attached hydrogens (tertiary/aromatic N) is 1. The van der Waals surface area contributed by atoms with E-state index in [0.717, 1.165) is 32.3 Å². The first-order valence-corrected chi connectivity index (χ1v) is 10.8. The Morgan fingerprint density at radius 3 is 2.15 bits per heavy atom. The van der Waals surface area contributed by atoms with Crippen LogP contribution in [0.2, 0.25) is 0 Å². The average molecular weight is 378 g/mol. The van der Waals surface area contributed by atoms with Crippen LogP contribution in [-0.4, -0.2) is 15.0 Å². The highest BCUT2D eigenvalue weighted by Crippen LogP contribution is 2.37. The van der Waals surface area contributed by atoms with Crippen molar-refractivity contribution in [2.24, 2.45) is 0 Å². The molecule has 4 rings (SSSR count). The number of thioether (sulfide) groups is 1. The van der Waals surface area contributed by atoms with Gasteiger partial charge in [0.1, 0.15) is 0 Å². The Hall–Kier alpha value is -2.30. The van der Waals surface area contributed by atoms with Crippen molar-refractivity contribution < 1.29 is 4.21 Å². The molecule has 130 valence electrons. The summed E-state index contributed by atoms with van der Waals surface area (Å²) < 4.78 is 15.7. The van der Waals surface area contributed by atoms with Crippen LogP contribution in [0.5, 0.6) is 0 Å².